The van der Waals surface area contributed by atoms with Crippen LogP contribution in [-0.2, 0) is 17.6 Å². The highest BCUT2D eigenvalue weighted by Gasteiger charge is 2.18. The van der Waals surface area contributed by atoms with Gasteiger partial charge in [-0.15, -0.1) is 0 Å². The van der Waals surface area contributed by atoms with E-state index < -0.39 is 0 Å². The third kappa shape index (κ3) is 3.03. The number of anilines is 1. The third-order valence-electron chi connectivity index (χ3n) is 2.97. The predicted octanol–water partition coefficient (Wildman–Crippen LogP) is 3.58. The number of aryl methyl sites for hydroxylation is 1. The van der Waals surface area contributed by atoms with Crippen molar-refractivity contribution in [3.8, 4) is 0 Å². The van der Waals surface area contributed by atoms with E-state index in [9.17, 15) is 4.79 Å². The average molecular weight is 270 g/mol. The summed E-state index contributed by atoms with van der Waals surface area (Å²) in [5.74, 6) is 0.0678. The summed E-state index contributed by atoms with van der Waals surface area (Å²) in [6, 6.07) is 3.86. The summed E-state index contributed by atoms with van der Waals surface area (Å²) in [7, 11) is 1.60. The fraction of sp³-hybridized carbons (Fsp3) is 0.500. The molecule has 0 fully saturated rings. The Morgan fingerprint density at radius 1 is 1.33 bits per heavy atom. The van der Waals surface area contributed by atoms with Crippen LogP contribution in [0.2, 0.25) is 0 Å². The van der Waals surface area contributed by atoms with E-state index >= 15 is 0 Å². The molecule has 0 atom stereocenters. The van der Waals surface area contributed by atoms with Gasteiger partial charge in [0.05, 0.1) is 5.69 Å². The number of carbonyl (C=O) groups is 1. The molecule has 0 aliphatic carbocycles. The average Bonchev–Trinajstić information content (AvgIpc) is 2.36. The van der Waals surface area contributed by atoms with Crippen LogP contribution in [0.4, 0.5) is 5.69 Å². The highest BCUT2D eigenvalue weighted by atomic mass is 35.5. The largest absolute Gasteiger partial charge is 0.363 e. The molecule has 0 saturated carbocycles. The molecule has 1 aromatic rings. The van der Waals surface area contributed by atoms with Crippen molar-refractivity contribution in [3.63, 3.8) is 0 Å². The molecule has 0 aromatic heterocycles. The van der Waals surface area contributed by atoms with Crippen molar-refractivity contribution in [2.24, 2.45) is 0 Å². The second-order valence-electron chi connectivity index (χ2n) is 4.14. The van der Waals surface area contributed by atoms with Crippen LogP contribution in [0.1, 0.15) is 42.3 Å². The Hall–Kier alpha value is -1.06. The monoisotopic (exact) mass is 269 g/mol. The predicted molar refractivity (Wildman–Crippen MR) is 75.4 cm³/mol. The topological polar surface area (TPSA) is 29.5 Å². The van der Waals surface area contributed by atoms with Crippen LogP contribution in [0.5, 0.6) is 0 Å². The number of benzene rings is 1. The van der Waals surface area contributed by atoms with Crippen LogP contribution in [0.3, 0.4) is 0 Å². The van der Waals surface area contributed by atoms with Gasteiger partial charge in [0, 0.05) is 24.4 Å². The van der Waals surface area contributed by atoms with Crippen LogP contribution in [0.25, 0.3) is 0 Å². The summed E-state index contributed by atoms with van der Waals surface area (Å²) in [6.45, 7) is 5.98. The zero-order valence-corrected chi connectivity index (χ0v) is 12.2. The Bertz CT molecular complexity index is 432. The molecule has 1 aromatic carbocycles. The van der Waals surface area contributed by atoms with Gasteiger partial charge in [-0.2, -0.15) is 0 Å². The second-order valence-corrected chi connectivity index (χ2v) is 4.55. The maximum absolute atomic E-state index is 11.7. The normalized spacial score (nSPS) is 10.5. The van der Waals surface area contributed by atoms with E-state index in [2.05, 4.69) is 6.92 Å². The van der Waals surface area contributed by atoms with Gasteiger partial charge in [-0.25, -0.2) is 0 Å². The summed E-state index contributed by atoms with van der Waals surface area (Å²) < 4.78 is 6.61. The minimum absolute atomic E-state index is 0.0678. The lowest BCUT2D eigenvalue weighted by atomic mass is 9.95. The molecule has 3 nitrogen and oxygen atoms in total. The lowest BCUT2D eigenvalue weighted by Gasteiger charge is -2.23. The minimum Gasteiger partial charge on any atom is -0.363 e. The van der Waals surface area contributed by atoms with Crippen LogP contribution >= 0.6 is 11.8 Å². The molecule has 0 aliphatic heterocycles. The smallest absolute Gasteiger partial charge is 0.160 e. The number of ketones is 1. The fourth-order valence-electron chi connectivity index (χ4n) is 2.14. The van der Waals surface area contributed by atoms with Gasteiger partial charge < -0.3 is 4.74 Å². The number of rotatable bonds is 6. The van der Waals surface area contributed by atoms with Gasteiger partial charge >= 0.3 is 0 Å². The number of methoxy groups -OCH3 is 1. The maximum atomic E-state index is 11.7. The Morgan fingerprint density at radius 2 is 2.00 bits per heavy atom. The van der Waals surface area contributed by atoms with Crippen molar-refractivity contribution in [3.05, 3.63) is 28.8 Å². The zero-order chi connectivity index (χ0) is 13.7. The molecule has 0 bridgehead atoms. The number of hydrogen-bond acceptors (Lipinski definition) is 3. The van der Waals surface area contributed by atoms with Crippen molar-refractivity contribution in [1.82, 2.24) is 0 Å². The summed E-state index contributed by atoms with van der Waals surface area (Å²) in [6.07, 6.45) is 1.64. The molecule has 0 spiro atoms. The zero-order valence-electron chi connectivity index (χ0n) is 11.4. The summed E-state index contributed by atoms with van der Waals surface area (Å²) in [5.41, 5.74) is 3.78. The number of Topliss-reactive ketones (excluding diaryl/α,β-unsaturated/α-hetero) is 1. The number of halogens is 1. The number of ether oxygens (including phenoxy) is 1. The van der Waals surface area contributed by atoms with E-state index in [1.54, 1.807) is 18.5 Å². The fourth-order valence-corrected chi connectivity index (χ4v) is 2.45. The molecule has 0 saturated heterocycles. The molecular formula is C14H20ClNO2. The Labute approximate surface area is 114 Å². The van der Waals surface area contributed by atoms with Crippen molar-refractivity contribution in [2.75, 3.05) is 18.3 Å². The van der Waals surface area contributed by atoms with E-state index in [4.69, 9.17) is 16.5 Å². The Morgan fingerprint density at radius 3 is 2.44 bits per heavy atom. The summed E-state index contributed by atoms with van der Waals surface area (Å²) in [4.78, 5) is 11.7. The molecule has 0 radical (unpaired) electrons. The van der Waals surface area contributed by atoms with E-state index in [0.29, 0.717) is 6.73 Å². The number of hydrogen-bond donors (Lipinski definition) is 0. The van der Waals surface area contributed by atoms with Gasteiger partial charge in [0.2, 0.25) is 0 Å². The first-order valence-electron chi connectivity index (χ1n) is 6.14. The molecule has 0 aliphatic rings. The third-order valence-corrected chi connectivity index (χ3v) is 3.23. The maximum Gasteiger partial charge on any atom is 0.160 e. The molecule has 100 valence electrons. The SMILES string of the molecule is CCc1ccc(C(C)=O)c(CC)c1N(Cl)COC. The first-order chi connectivity index (χ1) is 8.56. The van der Waals surface area contributed by atoms with E-state index in [0.717, 1.165) is 35.2 Å². The molecule has 18 heavy (non-hydrogen) atoms. The second kappa shape index (κ2) is 6.76. The van der Waals surface area contributed by atoms with Crippen molar-refractivity contribution in [1.29, 1.82) is 0 Å². The highest BCUT2D eigenvalue weighted by Crippen LogP contribution is 2.31. The van der Waals surface area contributed by atoms with Crippen molar-refractivity contribution < 1.29 is 9.53 Å². The molecule has 0 N–H and O–H groups in total. The lowest BCUT2D eigenvalue weighted by molar-refractivity contribution is 0.101. The standard InChI is InChI=1S/C14H20ClNO2/c1-5-11-7-8-13(10(3)17)12(6-2)14(11)16(15)9-18-4/h7-8H,5-6,9H2,1-4H3. The number of carbonyl (C=O) groups excluding carboxylic acids is 1. The van der Waals surface area contributed by atoms with E-state index in [1.165, 1.54) is 0 Å². The number of nitrogens with zero attached hydrogens (tertiary/aromatic N) is 1. The van der Waals surface area contributed by atoms with Crippen molar-refractivity contribution in [2.45, 2.75) is 33.6 Å². The van der Waals surface area contributed by atoms with Crippen LogP contribution in [0.15, 0.2) is 12.1 Å². The quantitative estimate of drug-likeness (QED) is 0.449. The Balaban J connectivity index is 3.41. The first-order valence-corrected chi connectivity index (χ1v) is 6.48. The molecule has 0 unspecified atom stereocenters. The van der Waals surface area contributed by atoms with Crippen LogP contribution in [-0.4, -0.2) is 19.6 Å². The van der Waals surface area contributed by atoms with E-state index in [-0.39, 0.29) is 5.78 Å². The van der Waals surface area contributed by atoms with Gasteiger partial charge in [-0.1, -0.05) is 26.0 Å². The van der Waals surface area contributed by atoms with Gasteiger partial charge in [0.25, 0.3) is 0 Å². The summed E-state index contributed by atoms with van der Waals surface area (Å²) >= 11 is 6.25. The molecule has 1 rings (SSSR count). The van der Waals surface area contributed by atoms with Crippen molar-refractivity contribution >= 4 is 23.2 Å². The van der Waals surface area contributed by atoms with Crippen LogP contribution < -0.4 is 4.42 Å². The highest BCUT2D eigenvalue weighted by molar-refractivity contribution is 6.26. The van der Waals surface area contributed by atoms with Gasteiger partial charge in [-0.3, -0.25) is 9.21 Å². The van der Waals surface area contributed by atoms with E-state index in [1.807, 2.05) is 19.1 Å². The first kappa shape index (κ1) is 15.0. The molecule has 0 amide bonds. The molecular weight excluding hydrogens is 250 g/mol. The lowest BCUT2D eigenvalue weighted by Crippen LogP contribution is -2.18. The van der Waals surface area contributed by atoms with Gasteiger partial charge in [0.1, 0.15) is 6.73 Å². The van der Waals surface area contributed by atoms with Gasteiger partial charge in [0.15, 0.2) is 5.78 Å². The van der Waals surface area contributed by atoms with Gasteiger partial charge in [-0.05, 0) is 30.9 Å². The minimum atomic E-state index is 0.0678. The molecule has 0 heterocycles. The molecule has 4 heteroatoms. The summed E-state index contributed by atoms with van der Waals surface area (Å²) in [5, 5.41) is 0. The van der Waals surface area contributed by atoms with Crippen LogP contribution in [0, 0.1) is 0 Å². The Kier molecular flexibility index (Phi) is 5.63.